The van der Waals surface area contributed by atoms with E-state index in [4.69, 9.17) is 9.47 Å². The largest absolute Gasteiger partial charge is 0.487 e. The molecule has 0 N–H and O–H groups in total. The lowest BCUT2D eigenvalue weighted by molar-refractivity contribution is -0.146. The molecule has 2 heterocycles. The normalized spacial score (nSPS) is 14.5. The number of aromatic nitrogens is 1. The number of hydrogen-bond donors (Lipinski definition) is 0. The van der Waals surface area contributed by atoms with Crippen LogP contribution in [0.4, 0.5) is 0 Å². The molecule has 1 amide bonds. The van der Waals surface area contributed by atoms with Gasteiger partial charge in [-0.2, -0.15) is 0 Å². The number of nitrogens with zero attached hydrogens (tertiary/aromatic N) is 2. The number of esters is 1. The molecular weight excluding hydrogens is 380 g/mol. The van der Waals surface area contributed by atoms with Gasteiger partial charge in [-0.15, -0.1) is 0 Å². The Labute approximate surface area is 175 Å². The van der Waals surface area contributed by atoms with Crippen LogP contribution in [0, 0.1) is 5.92 Å². The highest BCUT2D eigenvalue weighted by Crippen LogP contribution is 2.21. The number of amides is 1. The third-order valence-corrected chi connectivity index (χ3v) is 5.46. The second kappa shape index (κ2) is 8.95. The summed E-state index contributed by atoms with van der Waals surface area (Å²) >= 11 is 0. The second-order valence-electron chi connectivity index (χ2n) is 7.40. The first-order valence-corrected chi connectivity index (χ1v) is 10.1. The number of fused-ring (bicyclic) bond motifs is 1. The lowest BCUT2D eigenvalue weighted by Gasteiger charge is -2.30. The van der Waals surface area contributed by atoms with E-state index in [1.54, 1.807) is 29.2 Å². The summed E-state index contributed by atoms with van der Waals surface area (Å²) in [5.74, 6) is 0.356. The van der Waals surface area contributed by atoms with E-state index >= 15 is 0 Å². The molecule has 1 aliphatic heterocycles. The van der Waals surface area contributed by atoms with Gasteiger partial charge in [0.15, 0.2) is 0 Å². The van der Waals surface area contributed by atoms with Crippen LogP contribution in [-0.2, 0) is 16.1 Å². The molecule has 6 heteroatoms. The molecule has 0 spiro atoms. The number of methoxy groups -OCH3 is 1. The molecule has 2 aromatic carbocycles. The van der Waals surface area contributed by atoms with Gasteiger partial charge in [-0.3, -0.25) is 9.59 Å². The average Bonchev–Trinajstić information content (AvgIpc) is 2.82. The van der Waals surface area contributed by atoms with Crippen molar-refractivity contribution in [2.45, 2.75) is 19.4 Å². The van der Waals surface area contributed by atoms with Crippen molar-refractivity contribution < 1.29 is 19.1 Å². The third kappa shape index (κ3) is 4.43. The summed E-state index contributed by atoms with van der Waals surface area (Å²) in [6.45, 7) is 1.48. The number of carbonyl (C=O) groups is 2. The van der Waals surface area contributed by atoms with Crippen molar-refractivity contribution in [2.75, 3.05) is 20.2 Å². The second-order valence-corrected chi connectivity index (χ2v) is 7.40. The summed E-state index contributed by atoms with van der Waals surface area (Å²) in [6.07, 6.45) is 1.27. The Hall–Kier alpha value is -3.41. The van der Waals surface area contributed by atoms with Gasteiger partial charge in [0, 0.05) is 24.0 Å². The Morgan fingerprint density at radius 3 is 2.47 bits per heavy atom. The zero-order valence-electron chi connectivity index (χ0n) is 16.9. The minimum Gasteiger partial charge on any atom is -0.487 e. The highest BCUT2D eigenvalue weighted by Gasteiger charge is 2.28. The van der Waals surface area contributed by atoms with Crippen molar-refractivity contribution >= 4 is 22.8 Å². The molecule has 1 saturated heterocycles. The average molecular weight is 404 g/mol. The van der Waals surface area contributed by atoms with Gasteiger partial charge in [-0.05, 0) is 49.2 Å². The minimum absolute atomic E-state index is 0.0268. The van der Waals surface area contributed by atoms with E-state index in [1.165, 1.54) is 7.11 Å². The fourth-order valence-electron chi connectivity index (χ4n) is 3.71. The van der Waals surface area contributed by atoms with Crippen molar-refractivity contribution in [3.05, 3.63) is 71.9 Å². The number of benzene rings is 2. The molecule has 154 valence electrons. The van der Waals surface area contributed by atoms with Crippen LogP contribution in [0.3, 0.4) is 0 Å². The van der Waals surface area contributed by atoms with Crippen LogP contribution in [0.15, 0.2) is 60.7 Å². The number of piperidine rings is 1. The number of likely N-dealkylation sites (tertiary alicyclic amines) is 1. The maximum atomic E-state index is 12.7. The number of rotatable bonds is 5. The number of pyridine rings is 1. The molecular formula is C24H24N2O4. The monoisotopic (exact) mass is 404 g/mol. The zero-order valence-corrected chi connectivity index (χ0v) is 16.9. The first-order chi connectivity index (χ1) is 14.6. The van der Waals surface area contributed by atoms with Gasteiger partial charge in [0.05, 0.1) is 24.2 Å². The van der Waals surface area contributed by atoms with E-state index in [2.05, 4.69) is 4.98 Å². The summed E-state index contributed by atoms with van der Waals surface area (Å²) in [5.41, 5.74) is 2.40. The van der Waals surface area contributed by atoms with Gasteiger partial charge >= 0.3 is 5.97 Å². The quantitative estimate of drug-likeness (QED) is 0.605. The van der Waals surface area contributed by atoms with Crippen LogP contribution < -0.4 is 4.74 Å². The molecule has 6 nitrogen and oxygen atoms in total. The molecule has 4 rings (SSSR count). The summed E-state index contributed by atoms with van der Waals surface area (Å²) in [5, 5.41) is 1.10. The lowest BCUT2D eigenvalue weighted by atomic mass is 9.96. The van der Waals surface area contributed by atoms with Crippen molar-refractivity contribution in [1.29, 1.82) is 0 Å². The zero-order chi connectivity index (χ0) is 20.9. The Bertz CT molecular complexity index is 1040. The minimum atomic E-state index is -0.190. The summed E-state index contributed by atoms with van der Waals surface area (Å²) in [7, 11) is 1.40. The Morgan fingerprint density at radius 2 is 1.73 bits per heavy atom. The standard InChI is InChI=1S/C24H24N2O4/c1-29-24(28)19-12-14-26(15-13-19)23(27)18-7-10-21(11-8-18)30-16-20-9-6-17-4-2-3-5-22(17)25-20/h2-11,19H,12-16H2,1H3. The number of para-hydroxylation sites is 1. The maximum absolute atomic E-state index is 12.7. The molecule has 0 bridgehead atoms. The fourth-order valence-corrected chi connectivity index (χ4v) is 3.71. The van der Waals surface area contributed by atoms with Crippen LogP contribution >= 0.6 is 0 Å². The van der Waals surface area contributed by atoms with E-state index < -0.39 is 0 Å². The molecule has 1 aromatic heterocycles. The van der Waals surface area contributed by atoms with Gasteiger partial charge in [-0.1, -0.05) is 24.3 Å². The van der Waals surface area contributed by atoms with Crippen LogP contribution in [0.1, 0.15) is 28.9 Å². The highest BCUT2D eigenvalue weighted by molar-refractivity contribution is 5.94. The molecule has 1 fully saturated rings. The highest BCUT2D eigenvalue weighted by atomic mass is 16.5. The van der Waals surface area contributed by atoms with Crippen molar-refractivity contribution in [2.24, 2.45) is 5.92 Å². The van der Waals surface area contributed by atoms with E-state index in [9.17, 15) is 9.59 Å². The van der Waals surface area contributed by atoms with Gasteiger partial charge in [-0.25, -0.2) is 4.98 Å². The van der Waals surface area contributed by atoms with E-state index in [1.807, 2.05) is 36.4 Å². The topological polar surface area (TPSA) is 68.7 Å². The number of ether oxygens (including phenoxy) is 2. The van der Waals surface area contributed by atoms with E-state index in [0.29, 0.717) is 43.9 Å². The number of carbonyl (C=O) groups excluding carboxylic acids is 2. The summed E-state index contributed by atoms with van der Waals surface area (Å²) in [4.78, 5) is 30.7. The van der Waals surface area contributed by atoms with Crippen LogP contribution in [0.25, 0.3) is 10.9 Å². The predicted molar refractivity (Wildman–Crippen MR) is 113 cm³/mol. The van der Waals surface area contributed by atoms with Gasteiger partial charge < -0.3 is 14.4 Å². The molecule has 0 unspecified atom stereocenters. The molecule has 3 aromatic rings. The molecule has 0 saturated carbocycles. The van der Waals surface area contributed by atoms with Crippen molar-refractivity contribution in [3.63, 3.8) is 0 Å². The molecule has 0 radical (unpaired) electrons. The smallest absolute Gasteiger partial charge is 0.308 e. The van der Waals surface area contributed by atoms with Gasteiger partial charge in [0.1, 0.15) is 12.4 Å². The van der Waals surface area contributed by atoms with Gasteiger partial charge in [0.2, 0.25) is 0 Å². The van der Waals surface area contributed by atoms with Crippen LogP contribution in [-0.4, -0.2) is 42.0 Å². The lowest BCUT2D eigenvalue weighted by Crippen LogP contribution is -2.40. The SMILES string of the molecule is COC(=O)C1CCN(C(=O)c2ccc(OCc3ccc4ccccc4n3)cc2)CC1. The van der Waals surface area contributed by atoms with Gasteiger partial charge in [0.25, 0.3) is 5.91 Å². The third-order valence-electron chi connectivity index (χ3n) is 5.46. The fraction of sp³-hybridized carbons (Fsp3) is 0.292. The molecule has 30 heavy (non-hydrogen) atoms. The molecule has 0 atom stereocenters. The molecule has 0 aliphatic carbocycles. The van der Waals surface area contributed by atoms with Crippen LogP contribution in [0.5, 0.6) is 5.75 Å². The van der Waals surface area contributed by atoms with Crippen molar-refractivity contribution in [1.82, 2.24) is 9.88 Å². The number of hydrogen-bond acceptors (Lipinski definition) is 5. The molecule has 1 aliphatic rings. The Kier molecular flexibility index (Phi) is 5.93. The van der Waals surface area contributed by atoms with E-state index in [-0.39, 0.29) is 17.8 Å². The van der Waals surface area contributed by atoms with Crippen molar-refractivity contribution in [3.8, 4) is 5.75 Å². The first kappa shape index (κ1) is 19.9. The Balaban J connectivity index is 1.33. The van der Waals surface area contributed by atoms with E-state index in [0.717, 1.165) is 16.6 Å². The maximum Gasteiger partial charge on any atom is 0.308 e. The Morgan fingerprint density at radius 1 is 1.00 bits per heavy atom. The van der Waals surface area contributed by atoms with Crippen LogP contribution in [0.2, 0.25) is 0 Å². The predicted octanol–water partition coefficient (Wildman–Crippen LogP) is 3.84. The summed E-state index contributed by atoms with van der Waals surface area (Å²) in [6, 6.07) is 19.1. The first-order valence-electron chi connectivity index (χ1n) is 10.1. The summed E-state index contributed by atoms with van der Waals surface area (Å²) < 4.78 is 10.6.